The van der Waals surface area contributed by atoms with Gasteiger partial charge in [0.05, 0.1) is 0 Å². The van der Waals surface area contributed by atoms with Crippen LogP contribution in [0.5, 0.6) is 0 Å². The highest BCUT2D eigenvalue weighted by Crippen LogP contribution is 2.44. The highest BCUT2D eigenvalue weighted by molar-refractivity contribution is 14.0. The molecule has 164 valence electrons. The van der Waals surface area contributed by atoms with Crippen molar-refractivity contribution in [3.05, 3.63) is 34.6 Å². The summed E-state index contributed by atoms with van der Waals surface area (Å²) in [6, 6.07) is 5.02. The van der Waals surface area contributed by atoms with Gasteiger partial charge in [-0.25, -0.2) is 4.39 Å². The van der Waals surface area contributed by atoms with Crippen LogP contribution in [-0.2, 0) is 9.47 Å². The van der Waals surface area contributed by atoms with Crippen LogP contribution in [0, 0.1) is 11.7 Å². The molecule has 2 N–H and O–H groups in total. The minimum atomic E-state index is -0.231. The third-order valence-electron chi connectivity index (χ3n) is 5.24. The van der Waals surface area contributed by atoms with Gasteiger partial charge in [-0.15, -0.1) is 24.0 Å². The highest BCUT2D eigenvalue weighted by atomic mass is 127. The average Bonchev–Trinajstić information content (AvgIpc) is 3.44. The van der Waals surface area contributed by atoms with E-state index < -0.39 is 0 Å². The zero-order valence-electron chi connectivity index (χ0n) is 17.0. The van der Waals surface area contributed by atoms with E-state index in [1.165, 1.54) is 6.07 Å². The molecule has 5 nitrogen and oxygen atoms in total. The average molecular weight is 540 g/mol. The summed E-state index contributed by atoms with van der Waals surface area (Å²) in [4.78, 5) is 4.62. The number of nitrogens with one attached hydrogen (secondary N) is 2. The van der Waals surface area contributed by atoms with Crippen molar-refractivity contribution in [1.82, 2.24) is 10.6 Å². The number of hydrogen-bond acceptors (Lipinski definition) is 3. The molecule has 1 saturated carbocycles. The third kappa shape index (κ3) is 7.84. The number of benzene rings is 1. The third-order valence-corrected chi connectivity index (χ3v) is 5.57. The van der Waals surface area contributed by atoms with E-state index in [4.69, 9.17) is 21.1 Å². The Labute approximate surface area is 195 Å². The zero-order valence-corrected chi connectivity index (χ0v) is 20.0. The van der Waals surface area contributed by atoms with Crippen LogP contribution in [-0.4, -0.2) is 51.5 Å². The summed E-state index contributed by atoms with van der Waals surface area (Å²) in [6.07, 6.45) is 3.94. The fourth-order valence-electron chi connectivity index (χ4n) is 3.55. The second-order valence-corrected chi connectivity index (χ2v) is 7.88. The SMILES string of the molecule is CCNC(=NCCCOCC1CCOCC1)NC1CC1c1c(F)cccc1Cl.I. The molecule has 2 fully saturated rings. The largest absolute Gasteiger partial charge is 0.381 e. The summed E-state index contributed by atoms with van der Waals surface area (Å²) >= 11 is 6.18. The number of hydrogen-bond donors (Lipinski definition) is 2. The van der Waals surface area contributed by atoms with E-state index in [0.717, 1.165) is 64.6 Å². The lowest BCUT2D eigenvalue weighted by Crippen LogP contribution is -2.39. The first kappa shape index (κ1) is 24.6. The Morgan fingerprint density at radius 3 is 2.86 bits per heavy atom. The van der Waals surface area contributed by atoms with Crippen LogP contribution in [0.4, 0.5) is 4.39 Å². The van der Waals surface area contributed by atoms with Crippen LogP contribution in [0.25, 0.3) is 0 Å². The van der Waals surface area contributed by atoms with Gasteiger partial charge in [0.2, 0.25) is 0 Å². The zero-order chi connectivity index (χ0) is 19.8. The molecule has 0 bridgehead atoms. The Kier molecular flexibility index (Phi) is 11.0. The van der Waals surface area contributed by atoms with Gasteiger partial charge in [-0.05, 0) is 50.7 Å². The number of ether oxygens (including phenoxy) is 2. The molecule has 3 rings (SSSR count). The van der Waals surface area contributed by atoms with Crippen molar-refractivity contribution < 1.29 is 13.9 Å². The Bertz CT molecular complexity index is 639. The standard InChI is InChI=1S/C21H31ClFN3O2.HI/c1-2-24-21(25-9-4-10-28-14-15-7-11-27-12-8-15)26-19-13-16(19)20-17(22)5-3-6-18(20)23;/h3,5-6,15-16,19H,2,4,7-14H2,1H3,(H2,24,25,26);1H. The molecule has 1 aliphatic carbocycles. The number of guanidine groups is 1. The van der Waals surface area contributed by atoms with Crippen molar-refractivity contribution in [3.8, 4) is 0 Å². The van der Waals surface area contributed by atoms with Gasteiger partial charge in [0.15, 0.2) is 5.96 Å². The predicted molar refractivity (Wildman–Crippen MR) is 126 cm³/mol. The van der Waals surface area contributed by atoms with Crippen LogP contribution in [0.15, 0.2) is 23.2 Å². The number of aliphatic imine (C=N–C) groups is 1. The van der Waals surface area contributed by atoms with Crippen LogP contribution < -0.4 is 10.6 Å². The molecule has 0 spiro atoms. The molecule has 0 aromatic heterocycles. The van der Waals surface area contributed by atoms with E-state index >= 15 is 0 Å². The lowest BCUT2D eigenvalue weighted by molar-refractivity contribution is 0.0205. The molecule has 29 heavy (non-hydrogen) atoms. The topological polar surface area (TPSA) is 54.9 Å². The Morgan fingerprint density at radius 1 is 1.34 bits per heavy atom. The van der Waals surface area contributed by atoms with Crippen LogP contribution in [0.2, 0.25) is 5.02 Å². The Balaban J connectivity index is 0.00000300. The Hall–Kier alpha value is -0.640. The molecule has 1 saturated heterocycles. The maximum atomic E-state index is 14.1. The van der Waals surface area contributed by atoms with Crippen LogP contribution >= 0.6 is 35.6 Å². The molecular formula is C21H32ClFIN3O2. The van der Waals surface area contributed by atoms with E-state index in [1.54, 1.807) is 12.1 Å². The lowest BCUT2D eigenvalue weighted by Gasteiger charge is -2.21. The molecule has 1 heterocycles. The van der Waals surface area contributed by atoms with Gasteiger partial charge in [0.1, 0.15) is 5.82 Å². The minimum absolute atomic E-state index is 0. The summed E-state index contributed by atoms with van der Waals surface area (Å²) in [6.45, 7) is 6.76. The summed E-state index contributed by atoms with van der Waals surface area (Å²) in [5, 5.41) is 7.15. The van der Waals surface area contributed by atoms with E-state index in [1.807, 2.05) is 6.92 Å². The highest BCUT2D eigenvalue weighted by Gasteiger charge is 2.41. The second-order valence-electron chi connectivity index (χ2n) is 7.47. The van der Waals surface area contributed by atoms with Crippen molar-refractivity contribution in [1.29, 1.82) is 0 Å². The maximum absolute atomic E-state index is 14.1. The molecule has 2 unspecified atom stereocenters. The normalized spacial score (nSPS) is 22.1. The van der Waals surface area contributed by atoms with Gasteiger partial charge in [0.25, 0.3) is 0 Å². The van der Waals surface area contributed by atoms with Crippen molar-refractivity contribution in [2.24, 2.45) is 10.9 Å². The first-order valence-corrected chi connectivity index (χ1v) is 10.7. The second kappa shape index (κ2) is 12.9. The summed E-state index contributed by atoms with van der Waals surface area (Å²) < 4.78 is 25.2. The molecule has 0 radical (unpaired) electrons. The van der Waals surface area contributed by atoms with Crippen molar-refractivity contribution >= 4 is 41.5 Å². The molecule has 0 amide bonds. The first-order valence-electron chi connectivity index (χ1n) is 10.3. The summed E-state index contributed by atoms with van der Waals surface area (Å²) in [5.74, 6) is 1.27. The minimum Gasteiger partial charge on any atom is -0.381 e. The number of rotatable bonds is 9. The van der Waals surface area contributed by atoms with Gasteiger partial charge >= 0.3 is 0 Å². The van der Waals surface area contributed by atoms with Crippen LogP contribution in [0.3, 0.4) is 0 Å². The van der Waals surface area contributed by atoms with Crippen molar-refractivity contribution in [2.45, 2.75) is 44.6 Å². The molecule has 1 aromatic carbocycles. The van der Waals surface area contributed by atoms with Gasteiger partial charge in [0, 0.05) is 62.1 Å². The van der Waals surface area contributed by atoms with Gasteiger partial charge in [-0.3, -0.25) is 4.99 Å². The summed E-state index contributed by atoms with van der Waals surface area (Å²) in [7, 11) is 0. The van der Waals surface area contributed by atoms with Gasteiger partial charge in [-0.2, -0.15) is 0 Å². The van der Waals surface area contributed by atoms with Gasteiger partial charge in [-0.1, -0.05) is 17.7 Å². The monoisotopic (exact) mass is 539 g/mol. The molecule has 1 aromatic rings. The van der Waals surface area contributed by atoms with E-state index in [0.29, 0.717) is 23.0 Å². The lowest BCUT2D eigenvalue weighted by atomic mass is 10.0. The van der Waals surface area contributed by atoms with Crippen molar-refractivity contribution in [3.63, 3.8) is 0 Å². The fourth-order valence-corrected chi connectivity index (χ4v) is 3.86. The molecule has 2 aliphatic rings. The van der Waals surface area contributed by atoms with E-state index in [9.17, 15) is 4.39 Å². The summed E-state index contributed by atoms with van der Waals surface area (Å²) in [5.41, 5.74) is 0.610. The number of halogens is 3. The predicted octanol–water partition coefficient (Wildman–Crippen LogP) is 4.34. The fraction of sp³-hybridized carbons (Fsp3) is 0.667. The van der Waals surface area contributed by atoms with Crippen molar-refractivity contribution in [2.75, 3.05) is 39.5 Å². The molecular weight excluding hydrogens is 508 g/mol. The first-order chi connectivity index (χ1) is 13.7. The van der Waals surface area contributed by atoms with E-state index in [2.05, 4.69) is 15.6 Å². The Morgan fingerprint density at radius 2 is 2.14 bits per heavy atom. The molecule has 1 aliphatic heterocycles. The maximum Gasteiger partial charge on any atom is 0.191 e. The van der Waals surface area contributed by atoms with Crippen LogP contribution in [0.1, 0.15) is 44.1 Å². The molecule has 8 heteroatoms. The van der Waals surface area contributed by atoms with Gasteiger partial charge < -0.3 is 20.1 Å². The molecule has 2 atom stereocenters. The smallest absolute Gasteiger partial charge is 0.191 e. The number of nitrogens with zero attached hydrogens (tertiary/aromatic N) is 1. The quantitative estimate of drug-likeness (QED) is 0.212. The van der Waals surface area contributed by atoms with E-state index in [-0.39, 0.29) is 41.8 Å².